The molecule has 0 unspecified atom stereocenters. The van der Waals surface area contributed by atoms with Gasteiger partial charge >= 0.3 is 0 Å². The van der Waals surface area contributed by atoms with Crippen molar-refractivity contribution in [3.63, 3.8) is 0 Å². The van der Waals surface area contributed by atoms with Gasteiger partial charge in [0.25, 0.3) is 20.9 Å². The number of nitrogens with zero attached hydrogens (tertiary/aromatic N) is 3. The summed E-state index contributed by atoms with van der Waals surface area (Å²) in [5, 5.41) is 21.0. The van der Waals surface area contributed by atoms with Gasteiger partial charge in [0.05, 0.1) is 4.92 Å². The van der Waals surface area contributed by atoms with Crippen LogP contribution >= 0.6 is 0 Å². The highest BCUT2D eigenvalue weighted by atomic mass is 32.2. The van der Waals surface area contributed by atoms with Crippen molar-refractivity contribution in [1.29, 1.82) is 0 Å². The maximum Gasteiger partial charge on any atom is 0.273 e. The third-order valence-electron chi connectivity index (χ3n) is 2.40. The van der Waals surface area contributed by atoms with Gasteiger partial charge in [-0.2, -0.15) is 10.1 Å². The van der Waals surface area contributed by atoms with Gasteiger partial charge in [-0.1, -0.05) is 0 Å². The highest BCUT2D eigenvalue weighted by molar-refractivity contribution is 7.89. The molecule has 0 aliphatic heterocycles. The van der Waals surface area contributed by atoms with Gasteiger partial charge in [-0.3, -0.25) is 10.1 Å². The zero-order valence-electron chi connectivity index (χ0n) is 9.69. The van der Waals surface area contributed by atoms with Crippen LogP contribution in [0.4, 0.5) is 5.69 Å². The van der Waals surface area contributed by atoms with E-state index in [2.05, 4.69) is 15.2 Å². The van der Waals surface area contributed by atoms with Crippen LogP contribution in [-0.4, -0.2) is 28.5 Å². The Bertz CT molecular complexity index is 752. The molecule has 0 radical (unpaired) electrons. The number of rotatable bonds is 3. The van der Waals surface area contributed by atoms with E-state index < -0.39 is 20.1 Å². The number of aromatic nitrogens is 3. The Kier molecular flexibility index (Phi) is 3.04. The predicted octanol–water partition coefficient (Wildman–Crippen LogP) is 0.336. The van der Waals surface area contributed by atoms with E-state index in [-0.39, 0.29) is 11.5 Å². The van der Waals surface area contributed by atoms with Crippen LogP contribution in [0.15, 0.2) is 23.4 Å². The molecule has 0 aliphatic rings. The Labute approximate surface area is 107 Å². The fourth-order valence-electron chi connectivity index (χ4n) is 1.51. The maximum absolute atomic E-state index is 11.1. The Morgan fingerprint density at radius 3 is 2.58 bits per heavy atom. The van der Waals surface area contributed by atoms with Crippen molar-refractivity contribution in [1.82, 2.24) is 15.2 Å². The molecule has 9 nitrogen and oxygen atoms in total. The van der Waals surface area contributed by atoms with Gasteiger partial charge in [0, 0.05) is 17.7 Å². The topological polar surface area (TPSA) is 145 Å². The number of primary sulfonamides is 1. The summed E-state index contributed by atoms with van der Waals surface area (Å²) in [7, 11) is -3.96. The van der Waals surface area contributed by atoms with Gasteiger partial charge in [0.1, 0.15) is 0 Å². The van der Waals surface area contributed by atoms with Gasteiger partial charge in [-0.15, -0.1) is 0 Å². The smallest absolute Gasteiger partial charge is 0.258 e. The average Bonchev–Trinajstić information content (AvgIpc) is 2.77. The first-order valence-corrected chi connectivity index (χ1v) is 6.54. The molecule has 1 aromatic carbocycles. The molecular formula is C9H9N5O4S. The molecule has 0 atom stereocenters. The predicted molar refractivity (Wildman–Crippen MR) is 64.6 cm³/mol. The molecule has 0 bridgehead atoms. The summed E-state index contributed by atoms with van der Waals surface area (Å²) >= 11 is 0. The summed E-state index contributed by atoms with van der Waals surface area (Å²) < 4.78 is 22.1. The highest BCUT2D eigenvalue weighted by Gasteiger charge is 2.17. The van der Waals surface area contributed by atoms with Gasteiger partial charge in [0.2, 0.25) is 0 Å². The molecule has 19 heavy (non-hydrogen) atoms. The normalized spacial score (nSPS) is 11.5. The van der Waals surface area contributed by atoms with Crippen LogP contribution < -0.4 is 5.14 Å². The Morgan fingerprint density at radius 1 is 1.42 bits per heavy atom. The number of nitro benzene ring substituents is 1. The first kappa shape index (κ1) is 13.1. The van der Waals surface area contributed by atoms with E-state index in [4.69, 9.17) is 5.14 Å². The van der Waals surface area contributed by atoms with Crippen molar-refractivity contribution >= 4 is 15.7 Å². The monoisotopic (exact) mass is 283 g/mol. The maximum atomic E-state index is 11.1. The molecule has 10 heteroatoms. The van der Waals surface area contributed by atoms with Crippen molar-refractivity contribution < 1.29 is 13.3 Å². The zero-order chi connectivity index (χ0) is 14.2. The van der Waals surface area contributed by atoms with E-state index in [9.17, 15) is 18.5 Å². The van der Waals surface area contributed by atoms with E-state index in [1.54, 1.807) is 6.92 Å². The van der Waals surface area contributed by atoms with Gasteiger partial charge in [0.15, 0.2) is 5.82 Å². The molecule has 1 aromatic heterocycles. The van der Waals surface area contributed by atoms with Gasteiger partial charge in [-0.25, -0.2) is 18.7 Å². The van der Waals surface area contributed by atoms with Gasteiger partial charge in [-0.05, 0) is 18.6 Å². The lowest BCUT2D eigenvalue weighted by molar-refractivity contribution is -0.384. The Balaban J connectivity index is 2.48. The van der Waals surface area contributed by atoms with Crippen molar-refractivity contribution in [2.24, 2.45) is 5.14 Å². The van der Waals surface area contributed by atoms with Crippen LogP contribution in [0.1, 0.15) is 5.56 Å². The first-order chi connectivity index (χ1) is 8.79. The number of nitro groups is 1. The lowest BCUT2D eigenvalue weighted by Gasteiger charge is -2.00. The summed E-state index contributed by atoms with van der Waals surface area (Å²) in [6.07, 6.45) is 0. The first-order valence-electron chi connectivity index (χ1n) is 4.99. The number of H-pyrrole nitrogens is 1. The van der Waals surface area contributed by atoms with Crippen LogP contribution in [0.5, 0.6) is 0 Å². The number of hydrogen-bond donors (Lipinski definition) is 2. The van der Waals surface area contributed by atoms with E-state index in [1.807, 2.05) is 0 Å². The molecule has 0 aliphatic carbocycles. The minimum absolute atomic E-state index is 0.0662. The fraction of sp³-hybridized carbons (Fsp3) is 0.111. The second kappa shape index (κ2) is 4.40. The van der Waals surface area contributed by atoms with E-state index in [1.165, 1.54) is 18.2 Å². The molecule has 0 amide bonds. The molecule has 100 valence electrons. The summed E-state index contributed by atoms with van der Waals surface area (Å²) in [5.74, 6) is 0.108. The summed E-state index contributed by atoms with van der Waals surface area (Å²) in [4.78, 5) is 13.8. The van der Waals surface area contributed by atoms with Crippen LogP contribution in [0, 0.1) is 17.0 Å². The second-order valence-electron chi connectivity index (χ2n) is 3.77. The van der Waals surface area contributed by atoms with E-state index in [0.29, 0.717) is 11.1 Å². The third kappa shape index (κ3) is 2.58. The molecule has 2 aromatic rings. The summed E-state index contributed by atoms with van der Waals surface area (Å²) in [6.45, 7) is 1.63. The number of sulfonamides is 1. The van der Waals surface area contributed by atoms with Crippen LogP contribution in [0.3, 0.4) is 0 Å². The number of nitrogens with one attached hydrogen (secondary N) is 1. The van der Waals surface area contributed by atoms with Crippen molar-refractivity contribution in [2.45, 2.75) is 12.1 Å². The molecule has 0 saturated carbocycles. The molecule has 0 saturated heterocycles. The highest BCUT2D eigenvalue weighted by Crippen LogP contribution is 2.24. The van der Waals surface area contributed by atoms with Crippen LogP contribution in [0.25, 0.3) is 11.4 Å². The minimum atomic E-state index is -3.96. The quantitative estimate of drug-likeness (QED) is 0.613. The summed E-state index contributed by atoms with van der Waals surface area (Å²) in [5.41, 5.74) is 0.967. The Morgan fingerprint density at radius 2 is 2.11 bits per heavy atom. The number of benzene rings is 1. The lowest BCUT2D eigenvalue weighted by atomic mass is 10.1. The molecule has 3 N–H and O–H groups in total. The number of nitrogens with two attached hydrogens (primary N) is 1. The number of aromatic amines is 1. The van der Waals surface area contributed by atoms with Crippen molar-refractivity contribution in [3.8, 4) is 11.4 Å². The van der Waals surface area contributed by atoms with Crippen LogP contribution in [0.2, 0.25) is 0 Å². The zero-order valence-corrected chi connectivity index (χ0v) is 10.5. The number of non-ortho nitro benzene ring substituents is 1. The SMILES string of the molecule is Cc1cc([N+](=O)[O-])ccc1-c1n[nH]c(S(N)(=O)=O)n1. The van der Waals surface area contributed by atoms with E-state index in [0.717, 1.165) is 0 Å². The summed E-state index contributed by atoms with van der Waals surface area (Å²) in [6, 6.07) is 4.08. The number of aryl methyl sites for hydroxylation is 1. The molecule has 2 rings (SSSR count). The van der Waals surface area contributed by atoms with Crippen molar-refractivity contribution in [3.05, 3.63) is 33.9 Å². The largest absolute Gasteiger partial charge is 0.273 e. The van der Waals surface area contributed by atoms with Crippen molar-refractivity contribution in [2.75, 3.05) is 0 Å². The molecule has 0 fully saturated rings. The van der Waals surface area contributed by atoms with E-state index >= 15 is 0 Å². The standard InChI is InChI=1S/C9H9N5O4S/c1-5-4-6(14(15)16)2-3-7(5)8-11-9(13-12-8)19(10,17)18/h2-4H,1H3,(H2,10,17,18)(H,11,12,13). The molecular weight excluding hydrogens is 274 g/mol. The van der Waals surface area contributed by atoms with Gasteiger partial charge < -0.3 is 0 Å². The fourth-order valence-corrected chi connectivity index (χ4v) is 1.89. The van der Waals surface area contributed by atoms with Crippen LogP contribution in [-0.2, 0) is 10.0 Å². The minimum Gasteiger partial charge on any atom is -0.258 e. The lowest BCUT2D eigenvalue weighted by Crippen LogP contribution is -2.13. The molecule has 0 spiro atoms. The third-order valence-corrected chi connectivity index (χ3v) is 3.12. The Hall–Kier alpha value is -2.33. The average molecular weight is 283 g/mol. The molecule has 1 heterocycles. The number of hydrogen-bond acceptors (Lipinski definition) is 6. The second-order valence-corrected chi connectivity index (χ2v) is 5.24.